The summed E-state index contributed by atoms with van der Waals surface area (Å²) in [7, 11) is 3.05. The fourth-order valence-corrected chi connectivity index (χ4v) is 3.16. The van der Waals surface area contributed by atoms with Crippen LogP contribution in [0.15, 0.2) is 53.6 Å². The van der Waals surface area contributed by atoms with Crippen molar-refractivity contribution in [2.24, 2.45) is 5.10 Å². The maximum absolute atomic E-state index is 13.0. The van der Waals surface area contributed by atoms with Crippen LogP contribution in [0, 0.1) is 0 Å². The van der Waals surface area contributed by atoms with Crippen molar-refractivity contribution in [3.8, 4) is 11.5 Å². The van der Waals surface area contributed by atoms with E-state index in [1.165, 1.54) is 20.4 Å². The molecule has 1 aliphatic rings. The molecule has 0 aromatic heterocycles. The predicted molar refractivity (Wildman–Crippen MR) is 101 cm³/mol. The number of hydrazone groups is 1. The third-order valence-corrected chi connectivity index (χ3v) is 4.61. The molecule has 0 saturated carbocycles. The largest absolute Gasteiger partial charge is 0.493 e. The summed E-state index contributed by atoms with van der Waals surface area (Å²) in [4.78, 5) is 25.5. The summed E-state index contributed by atoms with van der Waals surface area (Å²) >= 11 is 0. The average Bonchev–Trinajstić information content (AvgIpc) is 2.96. The Balaban J connectivity index is 1.94. The normalized spacial score (nSPS) is 19.4. The molecule has 2 aromatic rings. The number of carbonyl (C=O) groups excluding carboxylic acids is 2. The molecule has 0 aliphatic carbocycles. The highest BCUT2D eigenvalue weighted by Crippen LogP contribution is 2.33. The van der Waals surface area contributed by atoms with Crippen molar-refractivity contribution >= 4 is 18.2 Å². The molecule has 1 heterocycles. The summed E-state index contributed by atoms with van der Waals surface area (Å²) in [5, 5.41) is 7.76. The van der Waals surface area contributed by atoms with Crippen molar-refractivity contribution in [1.82, 2.24) is 10.3 Å². The summed E-state index contributed by atoms with van der Waals surface area (Å²) in [5.41, 5.74) is 0.197. The van der Waals surface area contributed by atoms with E-state index >= 15 is 0 Å². The minimum Gasteiger partial charge on any atom is -0.493 e. The highest BCUT2D eigenvalue weighted by Gasteiger charge is 2.51. The van der Waals surface area contributed by atoms with Gasteiger partial charge in [-0.3, -0.25) is 4.79 Å². The molecule has 1 aliphatic heterocycles. The summed E-state index contributed by atoms with van der Waals surface area (Å²) < 4.78 is 10.6. The fourth-order valence-electron chi connectivity index (χ4n) is 3.16. The van der Waals surface area contributed by atoms with Gasteiger partial charge in [0.25, 0.3) is 5.91 Å². The number of nitrogens with zero attached hydrogens (tertiary/aromatic N) is 2. The van der Waals surface area contributed by atoms with Gasteiger partial charge in [-0.25, -0.2) is 4.79 Å². The number of ether oxygens (including phenoxy) is 2. The quantitative estimate of drug-likeness (QED) is 0.629. The standard InChI is InChI=1S/C20H21N3O4/c1-4-20(15-10-6-5-7-11-15)18(24)23(19(25)22-20)21-13-14-9-8-12-16(26-2)17(14)27-3/h5-13H,4H2,1-3H3,(H,22,25)/b21-13-/t20-/m1/s1. The zero-order valence-electron chi connectivity index (χ0n) is 15.4. The average molecular weight is 367 g/mol. The van der Waals surface area contributed by atoms with E-state index in [0.717, 1.165) is 10.6 Å². The highest BCUT2D eigenvalue weighted by atomic mass is 16.5. The first-order chi connectivity index (χ1) is 13.1. The van der Waals surface area contributed by atoms with Gasteiger partial charge in [-0.2, -0.15) is 5.10 Å². The van der Waals surface area contributed by atoms with Gasteiger partial charge < -0.3 is 14.8 Å². The number of carbonyl (C=O) groups is 2. The van der Waals surface area contributed by atoms with E-state index in [1.807, 2.05) is 37.3 Å². The second-order valence-electron chi connectivity index (χ2n) is 6.00. The topological polar surface area (TPSA) is 80.2 Å². The van der Waals surface area contributed by atoms with Gasteiger partial charge >= 0.3 is 6.03 Å². The molecule has 1 atom stereocenters. The molecule has 1 N–H and O–H groups in total. The number of hydrogen-bond donors (Lipinski definition) is 1. The Bertz CT molecular complexity index is 882. The predicted octanol–water partition coefficient (Wildman–Crippen LogP) is 2.90. The summed E-state index contributed by atoms with van der Waals surface area (Å²) in [6, 6.07) is 13.9. The van der Waals surface area contributed by atoms with Gasteiger partial charge in [-0.05, 0) is 24.1 Å². The number of methoxy groups -OCH3 is 2. The van der Waals surface area contributed by atoms with Gasteiger partial charge in [0.05, 0.1) is 20.4 Å². The molecule has 27 heavy (non-hydrogen) atoms. The lowest BCUT2D eigenvalue weighted by molar-refractivity contribution is -0.131. The van der Waals surface area contributed by atoms with Gasteiger partial charge in [0.15, 0.2) is 11.5 Å². The van der Waals surface area contributed by atoms with Gasteiger partial charge in [0, 0.05) is 5.56 Å². The molecular weight excluding hydrogens is 346 g/mol. The third kappa shape index (κ3) is 3.12. The van der Waals surface area contributed by atoms with E-state index in [9.17, 15) is 9.59 Å². The summed E-state index contributed by atoms with van der Waals surface area (Å²) in [5.74, 6) is 0.589. The molecule has 3 rings (SSSR count). The van der Waals surface area contributed by atoms with Gasteiger partial charge in [0.2, 0.25) is 0 Å². The third-order valence-electron chi connectivity index (χ3n) is 4.61. The number of rotatable bonds is 6. The SMILES string of the molecule is CC[C@]1(c2ccccc2)NC(=O)N(/N=C\c2cccc(OC)c2OC)C1=O. The molecule has 0 spiro atoms. The number of amides is 3. The second-order valence-corrected chi connectivity index (χ2v) is 6.00. The minimum atomic E-state index is -1.12. The molecule has 7 heteroatoms. The van der Waals surface area contributed by atoms with Crippen LogP contribution in [0.5, 0.6) is 11.5 Å². The lowest BCUT2D eigenvalue weighted by atomic mass is 9.87. The molecule has 1 saturated heterocycles. The molecule has 0 radical (unpaired) electrons. The Morgan fingerprint density at radius 2 is 1.81 bits per heavy atom. The van der Waals surface area contributed by atoms with Crippen molar-refractivity contribution < 1.29 is 19.1 Å². The molecule has 1 fully saturated rings. The van der Waals surface area contributed by atoms with Crippen LogP contribution in [0.1, 0.15) is 24.5 Å². The molecule has 0 bridgehead atoms. The summed E-state index contributed by atoms with van der Waals surface area (Å²) in [6.07, 6.45) is 1.83. The van der Waals surface area contributed by atoms with Crippen molar-refractivity contribution in [3.05, 3.63) is 59.7 Å². The van der Waals surface area contributed by atoms with Crippen LogP contribution in [0.4, 0.5) is 4.79 Å². The minimum absolute atomic E-state index is 0.413. The maximum Gasteiger partial charge on any atom is 0.346 e. The molecule has 3 amide bonds. The Morgan fingerprint density at radius 3 is 2.44 bits per heavy atom. The van der Waals surface area contributed by atoms with Crippen LogP contribution in [-0.4, -0.2) is 37.4 Å². The first-order valence-electron chi connectivity index (χ1n) is 8.54. The maximum atomic E-state index is 13.0. The van der Waals surface area contributed by atoms with Crippen molar-refractivity contribution in [3.63, 3.8) is 0 Å². The van der Waals surface area contributed by atoms with E-state index < -0.39 is 17.5 Å². The molecule has 2 aromatic carbocycles. The Hall–Kier alpha value is -3.35. The number of para-hydroxylation sites is 1. The van der Waals surface area contributed by atoms with Crippen LogP contribution >= 0.6 is 0 Å². The van der Waals surface area contributed by atoms with Gasteiger partial charge in [-0.1, -0.05) is 43.3 Å². The zero-order valence-corrected chi connectivity index (χ0v) is 15.4. The van der Waals surface area contributed by atoms with Gasteiger partial charge in [0.1, 0.15) is 5.54 Å². The monoisotopic (exact) mass is 367 g/mol. The van der Waals surface area contributed by atoms with Crippen LogP contribution in [-0.2, 0) is 10.3 Å². The van der Waals surface area contributed by atoms with Crippen LogP contribution in [0.25, 0.3) is 0 Å². The van der Waals surface area contributed by atoms with E-state index in [0.29, 0.717) is 23.5 Å². The van der Waals surface area contributed by atoms with Crippen LogP contribution < -0.4 is 14.8 Å². The van der Waals surface area contributed by atoms with E-state index in [2.05, 4.69) is 10.4 Å². The van der Waals surface area contributed by atoms with E-state index in [4.69, 9.17) is 9.47 Å². The first kappa shape index (κ1) is 18.4. The molecule has 140 valence electrons. The number of benzene rings is 2. The lowest BCUT2D eigenvalue weighted by Gasteiger charge is -2.24. The Labute approximate surface area is 157 Å². The smallest absolute Gasteiger partial charge is 0.346 e. The number of urea groups is 1. The Morgan fingerprint density at radius 1 is 1.07 bits per heavy atom. The molecule has 0 unspecified atom stereocenters. The number of hydrogen-bond acceptors (Lipinski definition) is 5. The van der Waals surface area contributed by atoms with E-state index in [-0.39, 0.29) is 0 Å². The van der Waals surface area contributed by atoms with Crippen molar-refractivity contribution in [2.45, 2.75) is 18.9 Å². The number of nitrogens with one attached hydrogen (secondary N) is 1. The molecular formula is C20H21N3O4. The Kier molecular flexibility index (Phi) is 5.12. The van der Waals surface area contributed by atoms with Crippen LogP contribution in [0.3, 0.4) is 0 Å². The van der Waals surface area contributed by atoms with Crippen molar-refractivity contribution in [1.29, 1.82) is 0 Å². The second kappa shape index (κ2) is 7.49. The van der Waals surface area contributed by atoms with E-state index in [1.54, 1.807) is 18.2 Å². The van der Waals surface area contributed by atoms with Crippen molar-refractivity contribution in [2.75, 3.05) is 14.2 Å². The van der Waals surface area contributed by atoms with Crippen LogP contribution in [0.2, 0.25) is 0 Å². The first-order valence-corrected chi connectivity index (χ1v) is 8.54. The van der Waals surface area contributed by atoms with Gasteiger partial charge in [-0.15, -0.1) is 5.01 Å². The fraction of sp³-hybridized carbons (Fsp3) is 0.250. The summed E-state index contributed by atoms with van der Waals surface area (Å²) in [6.45, 7) is 1.85. The zero-order chi connectivity index (χ0) is 19.4. The molecule has 7 nitrogen and oxygen atoms in total. The highest BCUT2D eigenvalue weighted by molar-refractivity contribution is 6.07. The lowest BCUT2D eigenvalue weighted by Crippen LogP contribution is -2.43. The number of imide groups is 1.